The molecule has 0 aliphatic rings. The molecule has 0 N–H and O–H groups in total. The number of thiazole rings is 1. The fraction of sp³-hybridized carbons (Fsp3) is 0.0952. The number of anilines is 1. The molecule has 146 valence electrons. The second-order valence-corrected chi connectivity index (χ2v) is 8.26. The lowest BCUT2D eigenvalue weighted by Crippen LogP contribution is -2.31. The fourth-order valence-corrected chi connectivity index (χ4v) is 4.61. The highest BCUT2D eigenvalue weighted by molar-refractivity contribution is 7.22. The second-order valence-electron chi connectivity index (χ2n) is 6.40. The number of benzene rings is 2. The van der Waals surface area contributed by atoms with E-state index in [-0.39, 0.29) is 23.0 Å². The molecule has 0 aliphatic carbocycles. The van der Waals surface area contributed by atoms with E-state index in [1.54, 1.807) is 12.3 Å². The molecule has 2 heterocycles. The SMILES string of the molecule is Cc1cc(Cl)cc2sc(N(Cc3ccccn3)C(=O)c3ccc(F)cc3Cl)nc12. The molecule has 0 aliphatic heterocycles. The standard InChI is InChI=1S/C21H14Cl2FN3OS/c1-12-8-13(22)9-18-19(12)26-21(29-18)27(11-15-4-2-3-7-25-15)20(28)16-6-5-14(24)10-17(16)23/h2-10H,11H2,1H3. The van der Waals surface area contributed by atoms with E-state index in [9.17, 15) is 9.18 Å². The average Bonchev–Trinajstić information content (AvgIpc) is 3.10. The summed E-state index contributed by atoms with van der Waals surface area (Å²) in [6.45, 7) is 2.11. The molecule has 29 heavy (non-hydrogen) atoms. The van der Waals surface area contributed by atoms with Crippen LogP contribution in [0, 0.1) is 12.7 Å². The monoisotopic (exact) mass is 445 g/mol. The molecule has 4 aromatic rings. The molecule has 0 atom stereocenters. The molecule has 4 rings (SSSR count). The Balaban J connectivity index is 1.82. The van der Waals surface area contributed by atoms with Gasteiger partial charge in [-0.15, -0.1) is 0 Å². The first-order valence-electron chi connectivity index (χ1n) is 8.66. The highest BCUT2D eigenvalue weighted by atomic mass is 35.5. The van der Waals surface area contributed by atoms with Crippen molar-refractivity contribution in [3.05, 3.63) is 87.4 Å². The summed E-state index contributed by atoms with van der Waals surface area (Å²) >= 11 is 13.7. The third-order valence-electron chi connectivity index (χ3n) is 4.32. The summed E-state index contributed by atoms with van der Waals surface area (Å²) < 4.78 is 14.3. The Morgan fingerprint density at radius 1 is 1.17 bits per heavy atom. The van der Waals surface area contributed by atoms with Crippen molar-refractivity contribution in [1.82, 2.24) is 9.97 Å². The zero-order valence-corrected chi connectivity index (χ0v) is 17.5. The predicted molar refractivity (Wildman–Crippen MR) is 116 cm³/mol. The van der Waals surface area contributed by atoms with Crippen LogP contribution in [0.2, 0.25) is 10.0 Å². The first kappa shape index (κ1) is 19.8. The van der Waals surface area contributed by atoms with Crippen molar-refractivity contribution < 1.29 is 9.18 Å². The van der Waals surface area contributed by atoms with Crippen LogP contribution in [-0.2, 0) is 6.54 Å². The molecule has 0 saturated heterocycles. The molecule has 0 radical (unpaired) electrons. The molecule has 2 aromatic carbocycles. The summed E-state index contributed by atoms with van der Waals surface area (Å²) in [6.07, 6.45) is 1.66. The molecular weight excluding hydrogens is 432 g/mol. The third kappa shape index (κ3) is 4.10. The Hall–Kier alpha value is -2.54. The molecule has 0 unspecified atom stereocenters. The maximum Gasteiger partial charge on any atom is 0.261 e. The minimum atomic E-state index is -0.506. The molecular formula is C21H14Cl2FN3OS. The number of fused-ring (bicyclic) bond motifs is 1. The number of aromatic nitrogens is 2. The normalized spacial score (nSPS) is 11.0. The third-order valence-corrected chi connectivity index (χ3v) is 5.88. The van der Waals surface area contributed by atoms with Crippen LogP contribution >= 0.6 is 34.5 Å². The highest BCUT2D eigenvalue weighted by Crippen LogP contribution is 2.34. The largest absolute Gasteiger partial charge is 0.278 e. The van der Waals surface area contributed by atoms with Gasteiger partial charge in [-0.3, -0.25) is 14.7 Å². The van der Waals surface area contributed by atoms with E-state index in [4.69, 9.17) is 23.2 Å². The van der Waals surface area contributed by atoms with Crippen LogP contribution in [0.5, 0.6) is 0 Å². The van der Waals surface area contributed by atoms with Crippen LogP contribution in [0.4, 0.5) is 9.52 Å². The van der Waals surface area contributed by atoms with E-state index < -0.39 is 5.82 Å². The van der Waals surface area contributed by atoms with E-state index in [1.165, 1.54) is 28.4 Å². The lowest BCUT2D eigenvalue weighted by molar-refractivity contribution is 0.0985. The number of amides is 1. The van der Waals surface area contributed by atoms with Gasteiger partial charge in [0.05, 0.1) is 33.0 Å². The van der Waals surface area contributed by atoms with Crippen molar-refractivity contribution in [2.45, 2.75) is 13.5 Å². The van der Waals surface area contributed by atoms with Gasteiger partial charge in [0.15, 0.2) is 5.13 Å². The van der Waals surface area contributed by atoms with Gasteiger partial charge >= 0.3 is 0 Å². The summed E-state index contributed by atoms with van der Waals surface area (Å²) in [5.41, 5.74) is 2.57. The first-order chi connectivity index (χ1) is 13.9. The number of pyridine rings is 1. The maximum absolute atomic E-state index is 13.5. The van der Waals surface area contributed by atoms with Crippen molar-refractivity contribution in [3.63, 3.8) is 0 Å². The molecule has 8 heteroatoms. The molecule has 0 fully saturated rings. The molecule has 0 spiro atoms. The van der Waals surface area contributed by atoms with Gasteiger partial charge in [-0.05, 0) is 55.0 Å². The van der Waals surface area contributed by atoms with Gasteiger partial charge in [-0.25, -0.2) is 9.37 Å². The van der Waals surface area contributed by atoms with E-state index in [0.29, 0.717) is 15.8 Å². The van der Waals surface area contributed by atoms with E-state index >= 15 is 0 Å². The molecule has 0 saturated carbocycles. The summed E-state index contributed by atoms with van der Waals surface area (Å²) in [4.78, 5) is 23.8. The molecule has 1 amide bonds. The Morgan fingerprint density at radius 2 is 2.00 bits per heavy atom. The predicted octanol–water partition coefficient (Wildman–Crippen LogP) is 6.29. The van der Waals surface area contributed by atoms with Crippen LogP contribution in [0.15, 0.2) is 54.7 Å². The number of aryl methyl sites for hydroxylation is 1. The molecule has 0 bridgehead atoms. The summed E-state index contributed by atoms with van der Waals surface area (Å²) in [7, 11) is 0. The zero-order chi connectivity index (χ0) is 20.5. The van der Waals surface area contributed by atoms with Gasteiger partial charge in [-0.2, -0.15) is 0 Å². The Kier molecular flexibility index (Phi) is 5.50. The Labute approximate surface area is 180 Å². The summed E-state index contributed by atoms with van der Waals surface area (Å²) in [6, 6.07) is 12.8. The van der Waals surface area contributed by atoms with Crippen molar-refractivity contribution in [2.24, 2.45) is 0 Å². The Bertz CT molecular complexity index is 1210. The van der Waals surface area contributed by atoms with Gasteiger partial charge in [0.25, 0.3) is 5.91 Å². The number of nitrogens with zero attached hydrogens (tertiary/aromatic N) is 3. The van der Waals surface area contributed by atoms with E-state index in [2.05, 4.69) is 9.97 Å². The van der Waals surface area contributed by atoms with Gasteiger partial charge in [0.2, 0.25) is 0 Å². The quantitative estimate of drug-likeness (QED) is 0.370. The van der Waals surface area contributed by atoms with Crippen molar-refractivity contribution >= 4 is 55.8 Å². The Morgan fingerprint density at radius 3 is 2.72 bits per heavy atom. The summed E-state index contributed by atoms with van der Waals surface area (Å²) in [5.74, 6) is -0.892. The second kappa shape index (κ2) is 8.06. The van der Waals surface area contributed by atoms with Crippen LogP contribution in [0.3, 0.4) is 0 Å². The van der Waals surface area contributed by atoms with Crippen LogP contribution < -0.4 is 4.90 Å². The number of rotatable bonds is 4. The minimum Gasteiger partial charge on any atom is -0.278 e. The maximum atomic E-state index is 13.5. The smallest absolute Gasteiger partial charge is 0.261 e. The van der Waals surface area contributed by atoms with Crippen molar-refractivity contribution in [2.75, 3.05) is 4.90 Å². The highest BCUT2D eigenvalue weighted by Gasteiger charge is 2.24. The van der Waals surface area contributed by atoms with E-state index in [0.717, 1.165) is 21.8 Å². The molecule has 4 nitrogen and oxygen atoms in total. The lowest BCUT2D eigenvalue weighted by atomic mass is 10.2. The molecule has 2 aromatic heterocycles. The number of hydrogen-bond acceptors (Lipinski definition) is 4. The zero-order valence-electron chi connectivity index (χ0n) is 15.2. The van der Waals surface area contributed by atoms with Crippen molar-refractivity contribution in [3.8, 4) is 0 Å². The average molecular weight is 446 g/mol. The van der Waals surface area contributed by atoms with Crippen LogP contribution in [-0.4, -0.2) is 15.9 Å². The van der Waals surface area contributed by atoms with E-state index in [1.807, 2.05) is 31.2 Å². The number of halogens is 3. The number of carbonyl (C=O) groups excluding carboxylic acids is 1. The van der Waals surface area contributed by atoms with Crippen LogP contribution in [0.25, 0.3) is 10.2 Å². The lowest BCUT2D eigenvalue weighted by Gasteiger charge is -2.20. The minimum absolute atomic E-state index is 0.0429. The first-order valence-corrected chi connectivity index (χ1v) is 10.2. The van der Waals surface area contributed by atoms with Crippen LogP contribution in [0.1, 0.15) is 21.6 Å². The van der Waals surface area contributed by atoms with Gasteiger partial charge < -0.3 is 0 Å². The van der Waals surface area contributed by atoms with Gasteiger partial charge in [-0.1, -0.05) is 40.6 Å². The fourth-order valence-electron chi connectivity index (χ4n) is 2.95. The topological polar surface area (TPSA) is 46.1 Å². The van der Waals surface area contributed by atoms with Gasteiger partial charge in [0.1, 0.15) is 5.82 Å². The number of carbonyl (C=O) groups is 1. The summed E-state index contributed by atoms with van der Waals surface area (Å²) in [5, 5.41) is 1.14. The van der Waals surface area contributed by atoms with Gasteiger partial charge in [0, 0.05) is 11.2 Å². The van der Waals surface area contributed by atoms with Crippen molar-refractivity contribution in [1.29, 1.82) is 0 Å². The number of hydrogen-bond donors (Lipinski definition) is 0.